The molecule has 0 saturated heterocycles. The summed E-state index contributed by atoms with van der Waals surface area (Å²) in [7, 11) is 0. The molecule has 24 heavy (non-hydrogen) atoms. The van der Waals surface area contributed by atoms with Crippen LogP contribution >= 0.6 is 45.2 Å². The second kappa shape index (κ2) is 8.09. The fourth-order valence-electron chi connectivity index (χ4n) is 1.92. The van der Waals surface area contributed by atoms with Crippen LogP contribution in [0.4, 0.5) is 5.69 Å². The lowest BCUT2D eigenvalue weighted by atomic mass is 10.0. The number of carbonyl (C=O) groups excluding carboxylic acids is 2. The van der Waals surface area contributed by atoms with Crippen LogP contribution in [0, 0.1) is 14.1 Å². The van der Waals surface area contributed by atoms with Crippen molar-refractivity contribution in [1.29, 1.82) is 0 Å². The minimum absolute atomic E-state index is 0.0646. The van der Waals surface area contributed by atoms with Crippen molar-refractivity contribution in [1.82, 2.24) is 0 Å². The van der Waals surface area contributed by atoms with E-state index in [1.54, 1.807) is 45.2 Å². The highest BCUT2D eigenvalue weighted by Gasteiger charge is 2.28. The van der Waals surface area contributed by atoms with Crippen molar-refractivity contribution in [3.05, 3.63) is 23.8 Å². The molecule has 10 heteroatoms. The number of nitrogens with one attached hydrogen (secondary N) is 1. The number of ether oxygens (including phenoxy) is 1. The van der Waals surface area contributed by atoms with Crippen LogP contribution in [-0.2, 0) is 14.3 Å². The summed E-state index contributed by atoms with van der Waals surface area (Å²) in [6.07, 6.45) is -1.11. The minimum atomic E-state index is -1.31. The summed E-state index contributed by atoms with van der Waals surface area (Å²) in [6.45, 7) is 3.96. The van der Waals surface area contributed by atoms with Crippen LogP contribution in [0.3, 0.4) is 0 Å². The van der Waals surface area contributed by atoms with Gasteiger partial charge in [0.25, 0.3) is 5.91 Å². The van der Waals surface area contributed by atoms with Crippen LogP contribution in [0.25, 0.3) is 0 Å². The Hall–Kier alpha value is -1.44. The zero-order valence-electron chi connectivity index (χ0n) is 12.8. The Morgan fingerprint density at radius 3 is 1.96 bits per heavy atom. The summed E-state index contributed by atoms with van der Waals surface area (Å²) in [4.78, 5) is 46.0. The molecule has 0 aliphatic heterocycles. The Morgan fingerprint density at radius 1 is 1.04 bits per heavy atom. The molecule has 0 unspecified atom stereocenters. The van der Waals surface area contributed by atoms with E-state index in [2.05, 4.69) is 5.32 Å². The molecule has 0 aliphatic rings. The van der Waals surface area contributed by atoms with Gasteiger partial charge in [0.2, 0.25) is 0 Å². The van der Waals surface area contributed by atoms with Gasteiger partial charge < -0.3 is 20.3 Å². The number of aromatic carboxylic acids is 2. The first-order valence-corrected chi connectivity index (χ1v) is 8.61. The monoisotopic (exact) mass is 561 g/mol. The standard InChI is InChI=1S/C14H13I2NO7/c1-4-7(13(20)21)9(15)8(14(22)23)10(16)11(4)17-12(19)5(2)24-6(3)18/h5H,1-3H3,(H,17,19)(H,20,21)(H,22,23)/t5-/m0/s1. The molecular weight excluding hydrogens is 548 g/mol. The maximum absolute atomic E-state index is 12.1. The number of carboxylic acid groups (broad SMARTS) is 2. The van der Waals surface area contributed by atoms with E-state index in [1.807, 2.05) is 0 Å². The molecule has 1 aromatic rings. The van der Waals surface area contributed by atoms with Crippen LogP contribution in [0.1, 0.15) is 40.1 Å². The first kappa shape index (κ1) is 20.6. The van der Waals surface area contributed by atoms with E-state index in [4.69, 9.17) is 4.74 Å². The van der Waals surface area contributed by atoms with Crippen molar-refractivity contribution in [3.63, 3.8) is 0 Å². The van der Waals surface area contributed by atoms with Gasteiger partial charge in [-0.2, -0.15) is 0 Å². The van der Waals surface area contributed by atoms with E-state index in [-0.39, 0.29) is 29.5 Å². The number of amides is 1. The zero-order chi connectivity index (χ0) is 18.8. The van der Waals surface area contributed by atoms with Gasteiger partial charge in [-0.25, -0.2) is 9.59 Å². The Kier molecular flexibility index (Phi) is 6.95. The number of hydrogen-bond donors (Lipinski definition) is 3. The predicted octanol–water partition coefficient (Wildman–Crippen LogP) is 2.49. The van der Waals surface area contributed by atoms with Gasteiger partial charge in [-0.3, -0.25) is 9.59 Å². The SMILES string of the molecule is CC(=O)O[C@@H](C)C(=O)Nc1c(C)c(C(=O)O)c(I)c(C(=O)O)c1I. The van der Waals surface area contributed by atoms with Crippen molar-refractivity contribution in [2.45, 2.75) is 26.9 Å². The normalized spacial score (nSPS) is 11.5. The Labute approximate surface area is 164 Å². The average Bonchev–Trinajstić information content (AvgIpc) is 2.41. The number of rotatable bonds is 5. The van der Waals surface area contributed by atoms with Gasteiger partial charge in [-0.1, -0.05) is 0 Å². The molecule has 3 N–H and O–H groups in total. The van der Waals surface area contributed by atoms with E-state index in [0.717, 1.165) is 6.92 Å². The summed E-state index contributed by atoms with van der Waals surface area (Å²) in [5.74, 6) is -3.96. The molecule has 1 amide bonds. The molecule has 0 fully saturated rings. The topological polar surface area (TPSA) is 130 Å². The third kappa shape index (κ3) is 4.34. The largest absolute Gasteiger partial charge is 0.478 e. The lowest BCUT2D eigenvalue weighted by Gasteiger charge is -2.19. The van der Waals surface area contributed by atoms with Gasteiger partial charge in [0.1, 0.15) is 0 Å². The van der Waals surface area contributed by atoms with Crippen LogP contribution in [0.5, 0.6) is 0 Å². The van der Waals surface area contributed by atoms with Gasteiger partial charge in [-0.15, -0.1) is 0 Å². The molecule has 0 aliphatic carbocycles. The second-order valence-corrected chi connectivity index (χ2v) is 6.89. The first-order valence-electron chi connectivity index (χ1n) is 6.45. The number of carbonyl (C=O) groups is 4. The molecule has 0 heterocycles. The summed E-state index contributed by atoms with van der Waals surface area (Å²) in [5.41, 5.74) is -0.141. The maximum atomic E-state index is 12.1. The summed E-state index contributed by atoms with van der Waals surface area (Å²) < 4.78 is 5.02. The first-order chi connectivity index (χ1) is 11.0. The number of anilines is 1. The molecular formula is C14H13I2NO7. The highest BCUT2D eigenvalue weighted by Crippen LogP contribution is 2.34. The van der Waals surface area contributed by atoms with E-state index in [0.29, 0.717) is 0 Å². The number of esters is 1. The summed E-state index contributed by atoms with van der Waals surface area (Å²) in [6, 6.07) is 0. The Bertz CT molecular complexity index is 704. The Morgan fingerprint density at radius 2 is 1.54 bits per heavy atom. The molecule has 1 rings (SSSR count). The van der Waals surface area contributed by atoms with Gasteiger partial charge in [0, 0.05) is 10.5 Å². The van der Waals surface area contributed by atoms with Gasteiger partial charge >= 0.3 is 17.9 Å². The van der Waals surface area contributed by atoms with E-state index in [9.17, 15) is 29.4 Å². The highest BCUT2D eigenvalue weighted by molar-refractivity contribution is 14.1. The number of benzene rings is 1. The second-order valence-electron chi connectivity index (χ2n) is 4.73. The van der Waals surface area contributed by atoms with Crippen molar-refractivity contribution in [2.24, 2.45) is 0 Å². The Balaban J connectivity index is 3.48. The zero-order valence-corrected chi connectivity index (χ0v) is 17.1. The smallest absolute Gasteiger partial charge is 0.337 e. The van der Waals surface area contributed by atoms with Crippen molar-refractivity contribution >= 4 is 74.7 Å². The maximum Gasteiger partial charge on any atom is 0.337 e. The van der Waals surface area contributed by atoms with Crippen molar-refractivity contribution in [2.75, 3.05) is 5.32 Å². The van der Waals surface area contributed by atoms with Crippen molar-refractivity contribution < 1.29 is 34.1 Å². The highest BCUT2D eigenvalue weighted by atomic mass is 127. The molecule has 8 nitrogen and oxygen atoms in total. The predicted molar refractivity (Wildman–Crippen MR) is 100 cm³/mol. The van der Waals surface area contributed by atoms with Crippen LogP contribution in [0.2, 0.25) is 0 Å². The molecule has 0 aromatic heterocycles. The number of halogens is 2. The fraction of sp³-hybridized carbons (Fsp3) is 0.286. The van der Waals surface area contributed by atoms with E-state index < -0.39 is 29.9 Å². The summed E-state index contributed by atoms with van der Waals surface area (Å²) in [5, 5.41) is 21.1. The lowest BCUT2D eigenvalue weighted by molar-refractivity contribution is -0.150. The number of hydrogen-bond acceptors (Lipinski definition) is 5. The molecule has 0 radical (unpaired) electrons. The molecule has 0 bridgehead atoms. The van der Waals surface area contributed by atoms with Gasteiger partial charge in [0.05, 0.1) is 20.4 Å². The molecule has 1 aromatic carbocycles. The average molecular weight is 561 g/mol. The van der Waals surface area contributed by atoms with Gasteiger partial charge in [0.15, 0.2) is 6.10 Å². The molecule has 130 valence electrons. The van der Waals surface area contributed by atoms with Crippen LogP contribution in [-0.4, -0.2) is 40.1 Å². The van der Waals surface area contributed by atoms with Crippen LogP contribution in [0.15, 0.2) is 0 Å². The molecule has 1 atom stereocenters. The van der Waals surface area contributed by atoms with Gasteiger partial charge in [-0.05, 0) is 64.6 Å². The van der Waals surface area contributed by atoms with Crippen LogP contribution < -0.4 is 5.32 Å². The minimum Gasteiger partial charge on any atom is -0.478 e. The van der Waals surface area contributed by atoms with Crippen molar-refractivity contribution in [3.8, 4) is 0 Å². The quantitative estimate of drug-likeness (QED) is 0.372. The summed E-state index contributed by atoms with van der Waals surface area (Å²) >= 11 is 3.38. The molecule has 0 spiro atoms. The fourth-order valence-corrected chi connectivity index (χ4v) is 4.61. The van der Waals surface area contributed by atoms with E-state index in [1.165, 1.54) is 13.8 Å². The number of carboxylic acids is 2. The molecule has 0 saturated carbocycles. The third-order valence-electron chi connectivity index (χ3n) is 3.02. The lowest BCUT2D eigenvalue weighted by Crippen LogP contribution is -2.30. The third-order valence-corrected chi connectivity index (χ3v) is 5.17. The van der Waals surface area contributed by atoms with E-state index >= 15 is 0 Å².